The van der Waals surface area contributed by atoms with Crippen LogP contribution >= 0.6 is 0 Å². The van der Waals surface area contributed by atoms with Gasteiger partial charge >= 0.3 is 0 Å². The number of hydrogen-bond donors (Lipinski definition) is 1. The van der Waals surface area contributed by atoms with Crippen molar-refractivity contribution in [3.8, 4) is 0 Å². The number of aryl methyl sites for hydroxylation is 1. The summed E-state index contributed by atoms with van der Waals surface area (Å²) < 4.78 is 0. The highest BCUT2D eigenvalue weighted by Gasteiger charge is 1.95. The maximum absolute atomic E-state index is 5.54. The van der Waals surface area contributed by atoms with Crippen molar-refractivity contribution in [1.82, 2.24) is 9.97 Å². The molecule has 0 radical (unpaired) electrons. The summed E-state index contributed by atoms with van der Waals surface area (Å²) >= 11 is 0. The molecule has 2 aromatic heterocycles. The van der Waals surface area contributed by atoms with Gasteiger partial charge in [0.05, 0.1) is 5.52 Å². The van der Waals surface area contributed by atoms with E-state index in [1.165, 1.54) is 0 Å². The van der Waals surface area contributed by atoms with Gasteiger partial charge in [0.15, 0.2) is 0 Å². The quantitative estimate of drug-likeness (QED) is 0.692. The summed E-state index contributed by atoms with van der Waals surface area (Å²) in [5.41, 5.74) is 7.41. The summed E-state index contributed by atoms with van der Waals surface area (Å²) in [6, 6.07) is 5.62. The van der Waals surface area contributed by atoms with Crippen LogP contribution in [-0.4, -0.2) is 9.97 Å². The Kier molecular flexibility index (Phi) is 3.40. The van der Waals surface area contributed by atoms with E-state index in [2.05, 4.69) is 9.97 Å². The monoisotopic (exact) mass is 189 g/mol. The Bertz CT molecular complexity index is 387. The second-order valence-electron chi connectivity index (χ2n) is 2.75. The van der Waals surface area contributed by atoms with Gasteiger partial charge in [0.1, 0.15) is 5.82 Å². The first-order valence-electron chi connectivity index (χ1n) is 4.74. The van der Waals surface area contributed by atoms with Crippen LogP contribution in [0.3, 0.4) is 0 Å². The number of aromatic nitrogens is 2. The molecule has 2 N–H and O–H groups in total. The fraction of sp³-hybridized carbons (Fsp3) is 0.273. The van der Waals surface area contributed by atoms with Crippen LogP contribution in [0, 0.1) is 6.92 Å². The van der Waals surface area contributed by atoms with Crippen LogP contribution in [0.15, 0.2) is 24.4 Å². The van der Waals surface area contributed by atoms with Gasteiger partial charge in [-0.25, -0.2) is 4.98 Å². The smallest absolute Gasteiger partial charge is 0.124 e. The minimum Gasteiger partial charge on any atom is -0.384 e. The van der Waals surface area contributed by atoms with E-state index in [-0.39, 0.29) is 0 Å². The molecule has 2 heterocycles. The van der Waals surface area contributed by atoms with Gasteiger partial charge in [0.25, 0.3) is 0 Å². The Morgan fingerprint density at radius 2 is 1.93 bits per heavy atom. The van der Waals surface area contributed by atoms with Crippen LogP contribution in [0.2, 0.25) is 0 Å². The van der Waals surface area contributed by atoms with Crippen molar-refractivity contribution in [2.75, 3.05) is 5.73 Å². The van der Waals surface area contributed by atoms with Crippen molar-refractivity contribution in [2.45, 2.75) is 20.8 Å². The number of rotatable bonds is 0. The molecule has 0 fully saturated rings. The SMILES string of the molecule is CC.Cc1cc2nc(N)ccc2cn1. The van der Waals surface area contributed by atoms with E-state index in [4.69, 9.17) is 5.73 Å². The molecule has 74 valence electrons. The van der Waals surface area contributed by atoms with E-state index >= 15 is 0 Å². The molecule has 0 spiro atoms. The van der Waals surface area contributed by atoms with Gasteiger partial charge in [-0.1, -0.05) is 13.8 Å². The molecule has 0 aliphatic rings. The zero-order chi connectivity index (χ0) is 10.6. The summed E-state index contributed by atoms with van der Waals surface area (Å²) in [7, 11) is 0. The minimum absolute atomic E-state index is 0.549. The van der Waals surface area contributed by atoms with Gasteiger partial charge in [0.2, 0.25) is 0 Å². The Balaban J connectivity index is 0.000000461. The molecule has 0 aromatic carbocycles. The lowest BCUT2D eigenvalue weighted by Gasteiger charge is -1.98. The number of nitrogens with zero attached hydrogens (tertiary/aromatic N) is 2. The molecule has 2 rings (SSSR count). The molecule has 0 saturated heterocycles. The highest BCUT2D eigenvalue weighted by Crippen LogP contribution is 2.12. The molecule has 0 unspecified atom stereocenters. The summed E-state index contributed by atoms with van der Waals surface area (Å²) in [6.45, 7) is 5.93. The lowest BCUT2D eigenvalue weighted by molar-refractivity contribution is 1.21. The molecular formula is C11H15N3. The Hall–Kier alpha value is -1.64. The summed E-state index contributed by atoms with van der Waals surface area (Å²) in [5.74, 6) is 0.549. The highest BCUT2D eigenvalue weighted by atomic mass is 14.8. The largest absolute Gasteiger partial charge is 0.384 e. The highest BCUT2D eigenvalue weighted by molar-refractivity contribution is 5.79. The van der Waals surface area contributed by atoms with E-state index in [0.717, 1.165) is 16.6 Å². The molecule has 14 heavy (non-hydrogen) atoms. The van der Waals surface area contributed by atoms with E-state index < -0.39 is 0 Å². The summed E-state index contributed by atoms with van der Waals surface area (Å²) in [6.07, 6.45) is 1.80. The van der Waals surface area contributed by atoms with Crippen molar-refractivity contribution in [3.63, 3.8) is 0 Å². The Labute approximate surface area is 84.0 Å². The van der Waals surface area contributed by atoms with E-state index in [9.17, 15) is 0 Å². The van der Waals surface area contributed by atoms with Gasteiger partial charge in [-0.05, 0) is 25.1 Å². The van der Waals surface area contributed by atoms with Gasteiger partial charge in [-0.3, -0.25) is 4.98 Å². The maximum Gasteiger partial charge on any atom is 0.124 e. The molecule has 0 aliphatic heterocycles. The fourth-order valence-electron chi connectivity index (χ4n) is 1.13. The first-order valence-corrected chi connectivity index (χ1v) is 4.74. The lowest BCUT2D eigenvalue weighted by atomic mass is 10.2. The first-order chi connectivity index (χ1) is 6.75. The van der Waals surface area contributed by atoms with Crippen LogP contribution in [0.4, 0.5) is 5.82 Å². The average molecular weight is 189 g/mol. The Morgan fingerprint density at radius 1 is 1.21 bits per heavy atom. The lowest BCUT2D eigenvalue weighted by Crippen LogP contribution is -1.90. The van der Waals surface area contributed by atoms with Crippen molar-refractivity contribution in [3.05, 3.63) is 30.1 Å². The van der Waals surface area contributed by atoms with Crippen LogP contribution < -0.4 is 5.73 Å². The van der Waals surface area contributed by atoms with Gasteiger partial charge < -0.3 is 5.73 Å². The topological polar surface area (TPSA) is 51.8 Å². The normalized spacial score (nSPS) is 9.36. The first kappa shape index (κ1) is 10.4. The van der Waals surface area contributed by atoms with Crippen molar-refractivity contribution in [1.29, 1.82) is 0 Å². The van der Waals surface area contributed by atoms with Gasteiger partial charge in [0, 0.05) is 17.3 Å². The molecule has 0 aliphatic carbocycles. The fourth-order valence-corrected chi connectivity index (χ4v) is 1.13. The van der Waals surface area contributed by atoms with Crippen LogP contribution in [-0.2, 0) is 0 Å². The molecule has 0 amide bonds. The average Bonchev–Trinajstić information content (AvgIpc) is 2.20. The number of nitrogen functional groups attached to an aromatic ring is 1. The molecule has 0 atom stereocenters. The molecule has 0 saturated carbocycles. The molecule has 0 bridgehead atoms. The zero-order valence-corrected chi connectivity index (χ0v) is 8.78. The second kappa shape index (κ2) is 4.56. The Morgan fingerprint density at radius 3 is 2.64 bits per heavy atom. The second-order valence-corrected chi connectivity index (χ2v) is 2.75. The van der Waals surface area contributed by atoms with E-state index in [0.29, 0.717) is 5.82 Å². The molecule has 2 aromatic rings. The van der Waals surface area contributed by atoms with Gasteiger partial charge in [-0.2, -0.15) is 0 Å². The predicted octanol–water partition coefficient (Wildman–Crippen LogP) is 2.55. The van der Waals surface area contributed by atoms with Crippen molar-refractivity contribution in [2.24, 2.45) is 0 Å². The number of anilines is 1. The number of nitrogens with two attached hydrogens (primary N) is 1. The third kappa shape index (κ3) is 2.19. The van der Waals surface area contributed by atoms with Crippen LogP contribution in [0.5, 0.6) is 0 Å². The molecule has 3 nitrogen and oxygen atoms in total. The zero-order valence-electron chi connectivity index (χ0n) is 8.78. The standard InChI is InChI=1S/C9H9N3.C2H6/c1-6-4-8-7(5-11-6)2-3-9(10)12-8;1-2/h2-5H,1H3,(H2,10,12);1-2H3. The minimum atomic E-state index is 0.549. The predicted molar refractivity (Wildman–Crippen MR) is 60.0 cm³/mol. The number of fused-ring (bicyclic) bond motifs is 1. The third-order valence-corrected chi connectivity index (χ3v) is 1.73. The van der Waals surface area contributed by atoms with E-state index in [1.807, 2.05) is 32.9 Å². The van der Waals surface area contributed by atoms with Crippen molar-refractivity contribution >= 4 is 16.7 Å². The third-order valence-electron chi connectivity index (χ3n) is 1.73. The molecule has 3 heteroatoms. The maximum atomic E-state index is 5.54. The molecular weight excluding hydrogens is 174 g/mol. The number of hydrogen-bond acceptors (Lipinski definition) is 3. The summed E-state index contributed by atoms with van der Waals surface area (Å²) in [4.78, 5) is 8.33. The van der Waals surface area contributed by atoms with Crippen molar-refractivity contribution < 1.29 is 0 Å². The van der Waals surface area contributed by atoms with Crippen LogP contribution in [0.1, 0.15) is 19.5 Å². The summed E-state index contributed by atoms with van der Waals surface area (Å²) in [5, 5.41) is 1.02. The number of pyridine rings is 2. The van der Waals surface area contributed by atoms with Gasteiger partial charge in [-0.15, -0.1) is 0 Å². The van der Waals surface area contributed by atoms with Crippen LogP contribution in [0.25, 0.3) is 10.9 Å². The van der Waals surface area contributed by atoms with E-state index in [1.54, 1.807) is 12.3 Å².